The predicted molar refractivity (Wildman–Crippen MR) is 79.6 cm³/mol. The Bertz CT molecular complexity index is 867. The average molecular weight is 399 g/mol. The SMILES string of the molecule is O=[N+]([O-])c1ccc(/C(=C/c2cccs2)[n+]2ccccc2)o1.[O-][Cl+3]([O-])([O-])[O-]. The molecule has 11 heteroatoms. The molecule has 9 nitrogen and oxygen atoms in total. The first-order valence-electron chi connectivity index (χ1n) is 6.82. The Hall–Kier alpha value is -2.60. The highest BCUT2D eigenvalue weighted by molar-refractivity contribution is 7.10. The van der Waals surface area contributed by atoms with E-state index < -0.39 is 15.2 Å². The number of pyridine rings is 1. The summed E-state index contributed by atoms with van der Waals surface area (Å²) in [5.41, 5.74) is 0.742. The lowest BCUT2D eigenvalue weighted by atomic mass is 10.2. The fraction of sp³-hybridized carbons (Fsp3) is 0. The molecule has 3 rings (SSSR count). The molecule has 0 saturated carbocycles. The molecule has 0 saturated heterocycles. The van der Waals surface area contributed by atoms with Crippen LogP contribution in [0.2, 0.25) is 0 Å². The topological polar surface area (TPSA) is 152 Å². The Labute approximate surface area is 153 Å². The zero-order chi connectivity index (χ0) is 19.2. The lowest BCUT2D eigenvalue weighted by Gasteiger charge is -2.17. The van der Waals surface area contributed by atoms with E-state index >= 15 is 0 Å². The van der Waals surface area contributed by atoms with Gasteiger partial charge in [0.15, 0.2) is 12.4 Å². The van der Waals surface area contributed by atoms with E-state index in [2.05, 4.69) is 0 Å². The molecule has 0 radical (unpaired) electrons. The van der Waals surface area contributed by atoms with Gasteiger partial charge in [0, 0.05) is 23.1 Å². The first-order chi connectivity index (χ1) is 12.2. The molecule has 0 amide bonds. The highest BCUT2D eigenvalue weighted by Gasteiger charge is 2.21. The van der Waals surface area contributed by atoms with Gasteiger partial charge in [0.1, 0.15) is 4.92 Å². The van der Waals surface area contributed by atoms with Gasteiger partial charge in [-0.05, 0) is 17.5 Å². The number of halogens is 1. The molecule has 0 atom stereocenters. The van der Waals surface area contributed by atoms with Crippen molar-refractivity contribution in [2.75, 3.05) is 0 Å². The minimum Gasteiger partial charge on any atom is -0.394 e. The van der Waals surface area contributed by atoms with Crippen molar-refractivity contribution >= 4 is 29.0 Å². The number of rotatable bonds is 4. The summed E-state index contributed by atoms with van der Waals surface area (Å²) in [6.45, 7) is 0. The summed E-state index contributed by atoms with van der Waals surface area (Å²) in [7, 11) is -4.94. The summed E-state index contributed by atoms with van der Waals surface area (Å²) in [5, 5.41) is 12.8. The van der Waals surface area contributed by atoms with Crippen LogP contribution in [0.1, 0.15) is 10.6 Å². The summed E-state index contributed by atoms with van der Waals surface area (Å²) < 4.78 is 41.2. The van der Waals surface area contributed by atoms with Crippen LogP contribution in [0.15, 0.2) is 64.7 Å². The molecule has 26 heavy (non-hydrogen) atoms. The summed E-state index contributed by atoms with van der Waals surface area (Å²) in [4.78, 5) is 11.3. The van der Waals surface area contributed by atoms with Crippen LogP contribution in [0.5, 0.6) is 0 Å². The first-order valence-corrected chi connectivity index (χ1v) is 8.93. The maximum atomic E-state index is 10.8. The molecule has 0 aliphatic rings. The minimum atomic E-state index is -4.94. The van der Waals surface area contributed by atoms with Crippen LogP contribution >= 0.6 is 11.3 Å². The van der Waals surface area contributed by atoms with Crippen LogP contribution in [-0.4, -0.2) is 4.92 Å². The molecule has 0 aliphatic carbocycles. The van der Waals surface area contributed by atoms with E-state index in [1.165, 1.54) is 6.07 Å². The normalized spacial score (nSPS) is 11.6. The smallest absolute Gasteiger partial charge is 0.394 e. The summed E-state index contributed by atoms with van der Waals surface area (Å²) in [5.74, 6) is 0.185. The summed E-state index contributed by atoms with van der Waals surface area (Å²) in [6.07, 6.45) is 5.68. The van der Waals surface area contributed by atoms with Crippen LogP contribution in [0.25, 0.3) is 11.8 Å². The van der Waals surface area contributed by atoms with Crippen molar-refractivity contribution in [3.8, 4) is 0 Å². The van der Waals surface area contributed by atoms with Crippen molar-refractivity contribution in [1.29, 1.82) is 0 Å². The van der Waals surface area contributed by atoms with E-state index in [0.717, 1.165) is 10.6 Å². The molecule has 3 aromatic heterocycles. The molecular formula is C15H11ClN2O7S. The lowest BCUT2D eigenvalue weighted by Crippen LogP contribution is -2.68. The Balaban J connectivity index is 0.000000431. The molecular weight excluding hydrogens is 388 g/mol. The third kappa shape index (κ3) is 6.37. The molecule has 0 fully saturated rings. The molecule has 0 bridgehead atoms. The standard InChI is InChI=1S/C15H11N2O3S.ClHO4/c18-17(19)15-7-6-14(20-15)13(11-12-5-4-10-21-12)16-8-2-1-3-9-16;2-1(3,4)5/h1-11H;(H,2,3,4,5)/q+1;/p-1/b13-11-;. The van der Waals surface area contributed by atoms with Crippen LogP contribution in [0.3, 0.4) is 0 Å². The molecule has 0 aliphatic heterocycles. The highest BCUT2D eigenvalue weighted by atomic mass is 35.7. The van der Waals surface area contributed by atoms with Gasteiger partial charge in [-0.3, -0.25) is 10.1 Å². The molecule has 3 aromatic rings. The lowest BCUT2D eigenvalue weighted by molar-refractivity contribution is -2.00. The van der Waals surface area contributed by atoms with Crippen molar-refractivity contribution < 1.29 is 42.8 Å². The van der Waals surface area contributed by atoms with E-state index in [-0.39, 0.29) is 5.88 Å². The largest absolute Gasteiger partial charge is 0.433 e. The third-order valence-electron chi connectivity index (χ3n) is 2.84. The number of aromatic nitrogens is 1. The van der Waals surface area contributed by atoms with Gasteiger partial charge in [-0.15, -0.1) is 21.6 Å². The molecule has 0 N–H and O–H groups in total. The number of furan rings is 1. The average Bonchev–Trinajstić information content (AvgIpc) is 3.23. The van der Waals surface area contributed by atoms with Crippen LogP contribution in [-0.2, 0) is 0 Å². The van der Waals surface area contributed by atoms with Crippen molar-refractivity contribution in [1.82, 2.24) is 0 Å². The first kappa shape index (κ1) is 19.7. The zero-order valence-electron chi connectivity index (χ0n) is 12.9. The second-order valence-electron chi connectivity index (χ2n) is 4.60. The number of thiophene rings is 1. The number of hydrogen-bond acceptors (Lipinski definition) is 8. The fourth-order valence-corrected chi connectivity index (χ4v) is 2.55. The monoisotopic (exact) mass is 398 g/mol. The second-order valence-corrected chi connectivity index (χ2v) is 6.34. The van der Waals surface area contributed by atoms with E-state index in [0.29, 0.717) is 5.76 Å². The molecule has 0 unspecified atom stereocenters. The van der Waals surface area contributed by atoms with Gasteiger partial charge in [-0.1, -0.05) is 12.1 Å². The summed E-state index contributed by atoms with van der Waals surface area (Å²) in [6, 6.07) is 12.6. The quantitative estimate of drug-likeness (QED) is 0.305. The van der Waals surface area contributed by atoms with Crippen molar-refractivity contribution in [3.63, 3.8) is 0 Å². The second kappa shape index (κ2) is 8.67. The van der Waals surface area contributed by atoms with Crippen molar-refractivity contribution in [3.05, 3.63) is 81.0 Å². The van der Waals surface area contributed by atoms with Gasteiger partial charge in [-0.25, -0.2) is 18.6 Å². The minimum absolute atomic E-state index is 0.265. The van der Waals surface area contributed by atoms with Crippen molar-refractivity contribution in [2.24, 2.45) is 0 Å². The Kier molecular flexibility index (Phi) is 6.58. The van der Waals surface area contributed by atoms with Gasteiger partial charge in [-0.2, -0.15) is 4.57 Å². The molecule has 0 aromatic carbocycles. The van der Waals surface area contributed by atoms with Crippen molar-refractivity contribution in [2.45, 2.75) is 0 Å². The van der Waals surface area contributed by atoms with Gasteiger partial charge in [0.2, 0.25) is 5.76 Å². The van der Waals surface area contributed by atoms with Gasteiger partial charge in [0.05, 0.1) is 6.07 Å². The number of nitro groups is 1. The van der Waals surface area contributed by atoms with Gasteiger partial charge in [0.25, 0.3) is 5.70 Å². The maximum Gasteiger partial charge on any atom is 0.433 e. The zero-order valence-corrected chi connectivity index (χ0v) is 14.5. The van der Waals surface area contributed by atoms with Crippen LogP contribution in [0, 0.1) is 20.4 Å². The van der Waals surface area contributed by atoms with Crippen LogP contribution < -0.4 is 23.2 Å². The Morgan fingerprint density at radius 2 is 1.73 bits per heavy atom. The molecule has 3 heterocycles. The Morgan fingerprint density at radius 1 is 1.08 bits per heavy atom. The van der Waals surface area contributed by atoms with E-state index in [1.54, 1.807) is 17.4 Å². The fourth-order valence-electron chi connectivity index (χ4n) is 1.90. The van der Waals surface area contributed by atoms with Gasteiger partial charge < -0.3 is 4.42 Å². The summed E-state index contributed by atoms with van der Waals surface area (Å²) >= 11 is 1.59. The number of hydrogen-bond donors (Lipinski definition) is 0. The highest BCUT2D eigenvalue weighted by Crippen LogP contribution is 2.23. The van der Waals surface area contributed by atoms with E-state index in [1.807, 2.05) is 58.7 Å². The molecule has 136 valence electrons. The Morgan fingerprint density at radius 3 is 2.23 bits per heavy atom. The third-order valence-corrected chi connectivity index (χ3v) is 3.66. The molecule has 0 spiro atoms. The van der Waals surface area contributed by atoms with E-state index in [4.69, 9.17) is 23.1 Å². The van der Waals surface area contributed by atoms with Gasteiger partial charge >= 0.3 is 5.88 Å². The van der Waals surface area contributed by atoms with E-state index in [9.17, 15) is 10.1 Å². The number of nitrogens with zero attached hydrogens (tertiary/aromatic N) is 2. The van der Waals surface area contributed by atoms with Crippen LogP contribution in [0.4, 0.5) is 5.88 Å². The maximum absolute atomic E-state index is 10.8. The predicted octanol–water partition coefficient (Wildman–Crippen LogP) is -1.17.